The number of fused-ring (bicyclic) bond motifs is 1. The quantitative estimate of drug-likeness (QED) is 0.647. The minimum Gasteiger partial charge on any atom is -0.389 e. The predicted octanol–water partition coefficient (Wildman–Crippen LogP) is 3.26. The molecule has 0 amide bonds. The molecule has 2 atom stereocenters. The molecule has 2 unspecified atom stereocenters. The SMILES string of the molecule is CCCCCCC12CCCC1(O)C2. The summed E-state index contributed by atoms with van der Waals surface area (Å²) in [5.74, 6) is 0. The molecule has 0 heterocycles. The maximum atomic E-state index is 10.1. The van der Waals surface area contributed by atoms with E-state index < -0.39 is 0 Å². The molecule has 0 spiro atoms. The minimum atomic E-state index is -0.195. The molecule has 76 valence electrons. The Kier molecular flexibility index (Phi) is 2.39. The molecular weight excluding hydrogens is 160 g/mol. The second-order valence-corrected chi connectivity index (χ2v) is 5.15. The molecule has 1 nitrogen and oxygen atoms in total. The molecule has 0 radical (unpaired) electrons. The number of hydrogen-bond donors (Lipinski definition) is 1. The third-order valence-electron chi connectivity index (χ3n) is 4.25. The van der Waals surface area contributed by atoms with Crippen molar-refractivity contribution >= 4 is 0 Å². The van der Waals surface area contributed by atoms with Gasteiger partial charge in [-0.15, -0.1) is 0 Å². The Hall–Kier alpha value is -0.0400. The lowest BCUT2D eigenvalue weighted by Gasteiger charge is -2.12. The molecule has 2 aliphatic carbocycles. The number of rotatable bonds is 5. The van der Waals surface area contributed by atoms with E-state index in [9.17, 15) is 5.11 Å². The van der Waals surface area contributed by atoms with E-state index in [0.29, 0.717) is 5.41 Å². The topological polar surface area (TPSA) is 20.2 Å². The zero-order valence-corrected chi connectivity index (χ0v) is 8.81. The summed E-state index contributed by atoms with van der Waals surface area (Å²) >= 11 is 0. The van der Waals surface area contributed by atoms with Crippen molar-refractivity contribution < 1.29 is 5.11 Å². The van der Waals surface area contributed by atoms with Crippen molar-refractivity contribution in [1.82, 2.24) is 0 Å². The van der Waals surface area contributed by atoms with Gasteiger partial charge in [-0.1, -0.05) is 32.6 Å². The Balaban J connectivity index is 1.71. The monoisotopic (exact) mass is 182 g/mol. The van der Waals surface area contributed by atoms with Crippen LogP contribution in [0, 0.1) is 5.41 Å². The maximum absolute atomic E-state index is 10.1. The van der Waals surface area contributed by atoms with Crippen LogP contribution in [0.5, 0.6) is 0 Å². The Labute approximate surface area is 81.5 Å². The molecule has 2 aliphatic rings. The van der Waals surface area contributed by atoms with Gasteiger partial charge in [-0.05, 0) is 32.1 Å². The van der Waals surface area contributed by atoms with Crippen LogP contribution in [-0.4, -0.2) is 10.7 Å². The molecular formula is C12H22O. The fraction of sp³-hybridized carbons (Fsp3) is 1.00. The van der Waals surface area contributed by atoms with Gasteiger partial charge in [0.05, 0.1) is 5.60 Å². The molecule has 0 aromatic heterocycles. The van der Waals surface area contributed by atoms with Crippen LogP contribution in [0.4, 0.5) is 0 Å². The largest absolute Gasteiger partial charge is 0.389 e. The van der Waals surface area contributed by atoms with Gasteiger partial charge in [0.15, 0.2) is 0 Å². The summed E-state index contributed by atoms with van der Waals surface area (Å²) < 4.78 is 0. The summed E-state index contributed by atoms with van der Waals surface area (Å²) in [6.07, 6.45) is 11.5. The van der Waals surface area contributed by atoms with Gasteiger partial charge in [-0.2, -0.15) is 0 Å². The molecule has 1 N–H and O–H groups in total. The lowest BCUT2D eigenvalue weighted by Crippen LogP contribution is -2.12. The molecule has 2 saturated carbocycles. The second kappa shape index (κ2) is 3.27. The van der Waals surface area contributed by atoms with Crippen LogP contribution in [0.3, 0.4) is 0 Å². The predicted molar refractivity (Wildman–Crippen MR) is 54.6 cm³/mol. The summed E-state index contributed by atoms with van der Waals surface area (Å²) in [7, 11) is 0. The van der Waals surface area contributed by atoms with Gasteiger partial charge >= 0.3 is 0 Å². The Bertz CT molecular complexity index is 186. The van der Waals surface area contributed by atoms with Crippen molar-refractivity contribution in [2.45, 2.75) is 70.3 Å². The van der Waals surface area contributed by atoms with Crippen molar-refractivity contribution in [3.05, 3.63) is 0 Å². The van der Waals surface area contributed by atoms with E-state index in [0.717, 1.165) is 12.8 Å². The van der Waals surface area contributed by atoms with Crippen LogP contribution in [0.15, 0.2) is 0 Å². The molecule has 13 heavy (non-hydrogen) atoms. The van der Waals surface area contributed by atoms with E-state index in [1.807, 2.05) is 0 Å². The Morgan fingerprint density at radius 3 is 2.54 bits per heavy atom. The number of unbranched alkanes of at least 4 members (excludes halogenated alkanes) is 3. The molecule has 0 aromatic carbocycles. The van der Waals surface area contributed by atoms with Gasteiger partial charge in [0, 0.05) is 5.41 Å². The molecule has 2 fully saturated rings. The Morgan fingerprint density at radius 2 is 2.00 bits per heavy atom. The summed E-state index contributed by atoms with van der Waals surface area (Å²) in [6.45, 7) is 2.25. The van der Waals surface area contributed by atoms with Crippen molar-refractivity contribution in [3.63, 3.8) is 0 Å². The van der Waals surface area contributed by atoms with E-state index >= 15 is 0 Å². The first kappa shape index (κ1) is 9.51. The van der Waals surface area contributed by atoms with Gasteiger partial charge in [-0.25, -0.2) is 0 Å². The van der Waals surface area contributed by atoms with Crippen LogP contribution in [0.1, 0.15) is 64.7 Å². The third-order valence-corrected chi connectivity index (χ3v) is 4.25. The molecule has 1 heteroatoms. The first-order valence-corrected chi connectivity index (χ1v) is 5.95. The van der Waals surface area contributed by atoms with E-state index in [1.54, 1.807) is 0 Å². The van der Waals surface area contributed by atoms with E-state index in [4.69, 9.17) is 0 Å². The lowest BCUT2D eigenvalue weighted by atomic mass is 9.95. The highest BCUT2D eigenvalue weighted by Crippen LogP contribution is 2.69. The smallest absolute Gasteiger partial charge is 0.0711 e. The third kappa shape index (κ3) is 1.52. The first-order valence-electron chi connectivity index (χ1n) is 5.95. The van der Waals surface area contributed by atoms with Gasteiger partial charge in [0.2, 0.25) is 0 Å². The van der Waals surface area contributed by atoms with Crippen LogP contribution < -0.4 is 0 Å². The highest BCUT2D eigenvalue weighted by atomic mass is 16.3. The number of aliphatic hydroxyl groups is 1. The van der Waals surface area contributed by atoms with Gasteiger partial charge in [0.1, 0.15) is 0 Å². The average molecular weight is 182 g/mol. The minimum absolute atomic E-state index is 0.195. The maximum Gasteiger partial charge on any atom is 0.0711 e. The van der Waals surface area contributed by atoms with Crippen molar-refractivity contribution in [3.8, 4) is 0 Å². The average Bonchev–Trinajstić information content (AvgIpc) is 2.55. The fourth-order valence-electron chi connectivity index (χ4n) is 3.25. The summed E-state index contributed by atoms with van der Waals surface area (Å²) in [6, 6.07) is 0. The fourth-order valence-corrected chi connectivity index (χ4v) is 3.25. The molecule has 2 rings (SSSR count). The first-order chi connectivity index (χ1) is 6.22. The van der Waals surface area contributed by atoms with Crippen molar-refractivity contribution in [2.75, 3.05) is 0 Å². The Morgan fingerprint density at radius 1 is 1.15 bits per heavy atom. The standard InChI is InChI=1S/C12H22O/c1-2-3-4-5-7-11-8-6-9-12(11,13)10-11/h13H,2-10H2,1H3. The van der Waals surface area contributed by atoms with E-state index in [2.05, 4.69) is 6.92 Å². The van der Waals surface area contributed by atoms with Gasteiger partial charge in [-0.3, -0.25) is 0 Å². The van der Waals surface area contributed by atoms with Gasteiger partial charge in [0.25, 0.3) is 0 Å². The summed E-state index contributed by atoms with van der Waals surface area (Å²) in [5, 5.41) is 10.1. The molecule has 0 aliphatic heterocycles. The summed E-state index contributed by atoms with van der Waals surface area (Å²) in [4.78, 5) is 0. The van der Waals surface area contributed by atoms with Crippen LogP contribution in [0.2, 0.25) is 0 Å². The lowest BCUT2D eigenvalue weighted by molar-refractivity contribution is 0.113. The van der Waals surface area contributed by atoms with Crippen molar-refractivity contribution in [2.24, 2.45) is 5.41 Å². The normalized spacial score (nSPS) is 42.0. The highest BCUT2D eigenvalue weighted by Gasteiger charge is 2.68. The van der Waals surface area contributed by atoms with Crippen LogP contribution in [-0.2, 0) is 0 Å². The molecule has 0 bridgehead atoms. The molecule has 0 saturated heterocycles. The summed E-state index contributed by atoms with van der Waals surface area (Å²) in [5.41, 5.74) is 0.208. The second-order valence-electron chi connectivity index (χ2n) is 5.15. The zero-order chi connectivity index (χ0) is 9.36. The van der Waals surface area contributed by atoms with Crippen LogP contribution in [0.25, 0.3) is 0 Å². The number of hydrogen-bond acceptors (Lipinski definition) is 1. The van der Waals surface area contributed by atoms with Gasteiger partial charge < -0.3 is 5.11 Å². The van der Waals surface area contributed by atoms with E-state index in [1.165, 1.54) is 44.9 Å². The van der Waals surface area contributed by atoms with E-state index in [-0.39, 0.29) is 5.60 Å². The van der Waals surface area contributed by atoms with Crippen LogP contribution >= 0.6 is 0 Å². The zero-order valence-electron chi connectivity index (χ0n) is 8.81. The molecule has 0 aromatic rings. The highest BCUT2D eigenvalue weighted by molar-refractivity contribution is 5.19. The van der Waals surface area contributed by atoms with Crippen molar-refractivity contribution in [1.29, 1.82) is 0 Å².